The van der Waals surface area contributed by atoms with E-state index in [-0.39, 0.29) is 17.7 Å². The number of aliphatic hydroxyl groups is 1. The lowest BCUT2D eigenvalue weighted by Crippen LogP contribution is -2.51. The molecule has 2 amide bonds. The van der Waals surface area contributed by atoms with Crippen LogP contribution in [0.1, 0.15) is 36.2 Å². The molecule has 5 nitrogen and oxygen atoms in total. The Hall–Kier alpha value is -1.88. The van der Waals surface area contributed by atoms with Crippen LogP contribution in [0.2, 0.25) is 0 Å². The number of carbonyl (C=O) groups is 2. The highest BCUT2D eigenvalue weighted by Crippen LogP contribution is 2.28. The fourth-order valence-electron chi connectivity index (χ4n) is 3.41. The monoisotopic (exact) mass is 302 g/mol. The third-order valence-corrected chi connectivity index (χ3v) is 4.54. The number of β-amino-alcohol motifs (C(OH)–C–C–N with tert-alkyl or cyclic N) is 1. The van der Waals surface area contributed by atoms with Gasteiger partial charge in [-0.25, -0.2) is 0 Å². The van der Waals surface area contributed by atoms with Gasteiger partial charge in [-0.15, -0.1) is 0 Å². The Morgan fingerprint density at radius 2 is 2.05 bits per heavy atom. The number of hydrogen-bond acceptors (Lipinski definition) is 3. The molecule has 0 saturated carbocycles. The van der Waals surface area contributed by atoms with Gasteiger partial charge in [-0.2, -0.15) is 0 Å². The topological polar surface area (TPSA) is 60.9 Å². The van der Waals surface area contributed by atoms with E-state index in [4.69, 9.17) is 0 Å². The number of aliphatic hydroxyl groups excluding tert-OH is 1. The average Bonchev–Trinajstić information content (AvgIpc) is 3.04. The molecule has 3 rings (SSSR count). The van der Waals surface area contributed by atoms with Crippen LogP contribution >= 0.6 is 0 Å². The number of amides is 2. The molecular formula is C17H22N2O3. The third-order valence-electron chi connectivity index (χ3n) is 4.54. The lowest BCUT2D eigenvalue weighted by molar-refractivity contribution is -0.137. The minimum Gasteiger partial charge on any atom is -0.391 e. The third kappa shape index (κ3) is 2.50. The van der Waals surface area contributed by atoms with Gasteiger partial charge >= 0.3 is 0 Å². The predicted octanol–water partition coefficient (Wildman–Crippen LogP) is 1.26. The fraction of sp³-hybridized carbons (Fsp3) is 0.529. The molecule has 0 aromatic heterocycles. The smallest absolute Gasteiger partial charge is 0.255 e. The van der Waals surface area contributed by atoms with Crippen molar-refractivity contribution in [1.29, 1.82) is 0 Å². The molecule has 1 fully saturated rings. The molecule has 1 aromatic carbocycles. The van der Waals surface area contributed by atoms with Crippen molar-refractivity contribution in [3.05, 3.63) is 35.4 Å². The van der Waals surface area contributed by atoms with Gasteiger partial charge in [0, 0.05) is 25.2 Å². The summed E-state index contributed by atoms with van der Waals surface area (Å²) in [6.45, 7) is 5.35. The van der Waals surface area contributed by atoms with Crippen molar-refractivity contribution in [2.24, 2.45) is 5.92 Å². The maximum absolute atomic E-state index is 12.8. The number of carbonyl (C=O) groups excluding carboxylic acids is 2. The first-order valence-corrected chi connectivity index (χ1v) is 7.84. The number of rotatable bonds is 3. The Morgan fingerprint density at radius 1 is 1.32 bits per heavy atom. The van der Waals surface area contributed by atoms with E-state index in [2.05, 4.69) is 0 Å². The molecule has 5 heteroatoms. The SMILES string of the molecule is CC(C)[C@@H](C(=O)N1CC[C@@H](O)C1)N1Cc2ccccc2C1=O. The van der Waals surface area contributed by atoms with E-state index in [1.165, 1.54) is 0 Å². The molecule has 2 atom stereocenters. The second-order valence-corrected chi connectivity index (χ2v) is 6.51. The molecule has 0 spiro atoms. The van der Waals surface area contributed by atoms with Crippen LogP contribution < -0.4 is 0 Å². The van der Waals surface area contributed by atoms with Crippen molar-refractivity contribution in [3.63, 3.8) is 0 Å². The second-order valence-electron chi connectivity index (χ2n) is 6.51. The molecule has 2 aliphatic heterocycles. The summed E-state index contributed by atoms with van der Waals surface area (Å²) in [7, 11) is 0. The summed E-state index contributed by atoms with van der Waals surface area (Å²) in [6.07, 6.45) is 0.174. The van der Waals surface area contributed by atoms with E-state index in [1.807, 2.05) is 38.1 Å². The van der Waals surface area contributed by atoms with Crippen molar-refractivity contribution in [2.45, 2.75) is 39.0 Å². The van der Waals surface area contributed by atoms with Crippen molar-refractivity contribution < 1.29 is 14.7 Å². The van der Waals surface area contributed by atoms with Gasteiger partial charge in [-0.1, -0.05) is 32.0 Å². The van der Waals surface area contributed by atoms with E-state index < -0.39 is 12.1 Å². The molecule has 118 valence electrons. The van der Waals surface area contributed by atoms with E-state index in [9.17, 15) is 14.7 Å². The molecule has 22 heavy (non-hydrogen) atoms. The van der Waals surface area contributed by atoms with Gasteiger partial charge in [0.05, 0.1) is 6.10 Å². The van der Waals surface area contributed by atoms with Crippen LogP contribution in [-0.2, 0) is 11.3 Å². The van der Waals surface area contributed by atoms with Gasteiger partial charge in [0.15, 0.2) is 0 Å². The summed E-state index contributed by atoms with van der Waals surface area (Å²) in [5.74, 6) is -0.0846. The fourth-order valence-corrected chi connectivity index (χ4v) is 3.41. The van der Waals surface area contributed by atoms with Gasteiger partial charge in [0.25, 0.3) is 5.91 Å². The zero-order valence-electron chi connectivity index (χ0n) is 13.0. The zero-order valence-corrected chi connectivity index (χ0v) is 13.0. The highest BCUT2D eigenvalue weighted by atomic mass is 16.3. The Kier molecular flexibility index (Phi) is 3.91. The summed E-state index contributed by atoms with van der Waals surface area (Å²) < 4.78 is 0. The normalized spacial score (nSPS) is 22.4. The van der Waals surface area contributed by atoms with Gasteiger partial charge in [0.2, 0.25) is 5.91 Å². The van der Waals surface area contributed by atoms with Crippen molar-refractivity contribution in [2.75, 3.05) is 13.1 Å². The van der Waals surface area contributed by atoms with Crippen LogP contribution in [-0.4, -0.2) is 52.0 Å². The van der Waals surface area contributed by atoms with Crippen molar-refractivity contribution >= 4 is 11.8 Å². The summed E-state index contributed by atoms with van der Waals surface area (Å²) >= 11 is 0. The number of fused-ring (bicyclic) bond motifs is 1. The van der Waals surface area contributed by atoms with Crippen LogP contribution in [0.5, 0.6) is 0 Å². The predicted molar refractivity (Wildman–Crippen MR) is 82.1 cm³/mol. The number of benzene rings is 1. The van der Waals surface area contributed by atoms with Gasteiger partial charge in [0.1, 0.15) is 6.04 Å². The minimum absolute atomic E-state index is 0.0310. The van der Waals surface area contributed by atoms with E-state index >= 15 is 0 Å². The summed E-state index contributed by atoms with van der Waals surface area (Å²) in [5, 5.41) is 9.65. The summed E-state index contributed by atoms with van der Waals surface area (Å²) in [4.78, 5) is 28.8. The van der Waals surface area contributed by atoms with E-state index in [1.54, 1.807) is 9.80 Å². The first-order valence-electron chi connectivity index (χ1n) is 7.84. The molecule has 1 saturated heterocycles. The van der Waals surface area contributed by atoms with E-state index in [0.29, 0.717) is 31.6 Å². The largest absolute Gasteiger partial charge is 0.391 e. The molecular weight excluding hydrogens is 280 g/mol. The summed E-state index contributed by atoms with van der Waals surface area (Å²) in [6, 6.07) is 7.06. The Morgan fingerprint density at radius 3 is 2.64 bits per heavy atom. The first kappa shape index (κ1) is 15.0. The quantitative estimate of drug-likeness (QED) is 0.914. The molecule has 1 aromatic rings. The number of hydrogen-bond donors (Lipinski definition) is 1. The molecule has 1 N–H and O–H groups in total. The lowest BCUT2D eigenvalue weighted by atomic mass is 10.0. The van der Waals surface area contributed by atoms with Gasteiger partial charge in [-0.05, 0) is 24.0 Å². The molecule has 0 aliphatic carbocycles. The number of nitrogens with zero attached hydrogens (tertiary/aromatic N) is 2. The first-order chi connectivity index (χ1) is 10.5. The Balaban J connectivity index is 1.84. The van der Waals surface area contributed by atoms with Crippen LogP contribution in [0.3, 0.4) is 0 Å². The van der Waals surface area contributed by atoms with Gasteiger partial charge in [-0.3, -0.25) is 9.59 Å². The zero-order chi connectivity index (χ0) is 15.9. The maximum Gasteiger partial charge on any atom is 0.255 e. The van der Waals surface area contributed by atoms with Crippen LogP contribution in [0.15, 0.2) is 24.3 Å². The van der Waals surface area contributed by atoms with Crippen LogP contribution in [0.25, 0.3) is 0 Å². The molecule has 0 unspecified atom stereocenters. The molecule has 2 heterocycles. The number of likely N-dealkylation sites (tertiary alicyclic amines) is 1. The second kappa shape index (κ2) is 5.72. The minimum atomic E-state index is -0.467. The summed E-state index contributed by atoms with van der Waals surface area (Å²) in [5.41, 5.74) is 1.68. The highest BCUT2D eigenvalue weighted by molar-refractivity contribution is 6.01. The highest BCUT2D eigenvalue weighted by Gasteiger charge is 2.40. The Bertz CT molecular complexity index is 599. The standard InChI is InChI=1S/C17H22N2O3/c1-11(2)15(17(22)18-8-7-13(20)10-18)19-9-12-5-3-4-6-14(12)16(19)21/h3-6,11,13,15,20H,7-10H2,1-2H3/t13-,15+/m1/s1. The molecule has 0 bridgehead atoms. The Labute approximate surface area is 130 Å². The van der Waals surface area contributed by atoms with Crippen LogP contribution in [0.4, 0.5) is 0 Å². The van der Waals surface area contributed by atoms with Crippen molar-refractivity contribution in [1.82, 2.24) is 9.80 Å². The van der Waals surface area contributed by atoms with Gasteiger partial charge < -0.3 is 14.9 Å². The molecule has 0 radical (unpaired) electrons. The van der Waals surface area contributed by atoms with E-state index in [0.717, 1.165) is 5.56 Å². The lowest BCUT2D eigenvalue weighted by Gasteiger charge is -2.33. The maximum atomic E-state index is 12.8. The van der Waals surface area contributed by atoms with Crippen LogP contribution in [0, 0.1) is 5.92 Å². The average molecular weight is 302 g/mol. The molecule has 2 aliphatic rings. The van der Waals surface area contributed by atoms with Crippen molar-refractivity contribution in [3.8, 4) is 0 Å².